The summed E-state index contributed by atoms with van der Waals surface area (Å²) in [5, 5.41) is 0. The molecule has 1 fully saturated rings. The topological polar surface area (TPSA) is 46.3 Å². The summed E-state index contributed by atoms with van der Waals surface area (Å²) in [6.45, 7) is 1.58. The summed E-state index contributed by atoms with van der Waals surface area (Å²) in [5.41, 5.74) is 5.31. The van der Waals surface area contributed by atoms with E-state index in [9.17, 15) is 13.6 Å². The normalized spacial score (nSPS) is 18.6. The molecule has 100 valence electrons. The van der Waals surface area contributed by atoms with Crippen molar-refractivity contribution < 1.29 is 13.6 Å². The molecule has 1 atom stereocenters. The van der Waals surface area contributed by atoms with Crippen molar-refractivity contribution in [2.45, 2.75) is 6.42 Å². The van der Waals surface area contributed by atoms with Crippen LogP contribution in [0, 0.1) is 17.6 Å². The minimum atomic E-state index is -1.08. The number of rotatable bonds is 2. The first-order chi connectivity index (χ1) is 8.13. The maximum atomic E-state index is 13.4. The predicted octanol–water partition coefficient (Wildman–Crippen LogP) is 1.81. The third-order valence-electron chi connectivity index (χ3n) is 3.09. The van der Waals surface area contributed by atoms with Gasteiger partial charge >= 0.3 is 0 Å². The van der Waals surface area contributed by atoms with Crippen LogP contribution in [0.1, 0.15) is 16.8 Å². The third kappa shape index (κ3) is 2.79. The zero-order valence-electron chi connectivity index (χ0n) is 9.73. The fourth-order valence-corrected chi connectivity index (χ4v) is 2.05. The summed E-state index contributed by atoms with van der Waals surface area (Å²) in [5.74, 6) is -2.27. The highest BCUT2D eigenvalue weighted by Gasteiger charge is 2.28. The number of carbonyl (C=O) groups is 1. The Labute approximate surface area is 110 Å². The average molecular weight is 277 g/mol. The number of hydrogen-bond acceptors (Lipinski definition) is 2. The lowest BCUT2D eigenvalue weighted by atomic mass is 10.1. The molecule has 0 radical (unpaired) electrons. The molecule has 0 bridgehead atoms. The number of amides is 1. The minimum Gasteiger partial charge on any atom is -0.338 e. The Morgan fingerprint density at radius 1 is 1.44 bits per heavy atom. The Morgan fingerprint density at radius 3 is 2.78 bits per heavy atom. The van der Waals surface area contributed by atoms with Crippen LogP contribution in [0.4, 0.5) is 8.78 Å². The first kappa shape index (κ1) is 14.9. The van der Waals surface area contributed by atoms with E-state index in [0.717, 1.165) is 12.5 Å². The lowest BCUT2D eigenvalue weighted by molar-refractivity contribution is 0.0782. The first-order valence-electron chi connectivity index (χ1n) is 5.57. The van der Waals surface area contributed by atoms with Gasteiger partial charge in [-0.15, -0.1) is 12.4 Å². The van der Waals surface area contributed by atoms with Gasteiger partial charge in [-0.2, -0.15) is 0 Å². The van der Waals surface area contributed by atoms with Gasteiger partial charge in [-0.3, -0.25) is 4.79 Å². The maximum Gasteiger partial charge on any atom is 0.256 e. The Hall–Kier alpha value is -1.20. The van der Waals surface area contributed by atoms with Gasteiger partial charge in [0.2, 0.25) is 0 Å². The van der Waals surface area contributed by atoms with Crippen LogP contribution in [0.15, 0.2) is 18.2 Å². The number of nitrogens with zero attached hydrogens (tertiary/aromatic N) is 1. The summed E-state index contributed by atoms with van der Waals surface area (Å²) >= 11 is 0. The molecular weight excluding hydrogens is 262 g/mol. The SMILES string of the molecule is Cl.NCC1CCN(C(=O)c2cccc(F)c2F)C1. The molecular formula is C12H15ClF2N2O. The van der Waals surface area contributed by atoms with Gasteiger partial charge in [0.25, 0.3) is 5.91 Å². The Kier molecular flexibility index (Phi) is 5.04. The van der Waals surface area contributed by atoms with Crippen LogP contribution in [-0.4, -0.2) is 30.4 Å². The van der Waals surface area contributed by atoms with Gasteiger partial charge in [0.05, 0.1) is 5.56 Å². The quantitative estimate of drug-likeness (QED) is 0.895. The van der Waals surface area contributed by atoms with Crippen LogP contribution in [0.25, 0.3) is 0 Å². The maximum absolute atomic E-state index is 13.4. The Balaban J connectivity index is 0.00000162. The third-order valence-corrected chi connectivity index (χ3v) is 3.09. The Bertz CT molecular complexity index is 442. The first-order valence-corrected chi connectivity index (χ1v) is 5.57. The fraction of sp³-hybridized carbons (Fsp3) is 0.417. The number of benzene rings is 1. The number of likely N-dealkylation sites (tertiary alicyclic amines) is 1. The van der Waals surface area contributed by atoms with Crippen LogP contribution in [0.3, 0.4) is 0 Å². The molecule has 3 nitrogen and oxygen atoms in total. The van der Waals surface area contributed by atoms with Gasteiger partial charge in [0.15, 0.2) is 11.6 Å². The van der Waals surface area contributed by atoms with Crippen LogP contribution in [0.2, 0.25) is 0 Å². The van der Waals surface area contributed by atoms with Crippen LogP contribution in [-0.2, 0) is 0 Å². The second-order valence-electron chi connectivity index (χ2n) is 4.24. The second-order valence-corrected chi connectivity index (χ2v) is 4.24. The highest BCUT2D eigenvalue weighted by Crippen LogP contribution is 2.20. The number of halogens is 3. The molecule has 1 amide bonds. The fourth-order valence-electron chi connectivity index (χ4n) is 2.05. The molecule has 1 aliphatic heterocycles. The molecule has 1 aromatic rings. The van der Waals surface area contributed by atoms with Gasteiger partial charge < -0.3 is 10.6 Å². The van der Waals surface area contributed by atoms with E-state index in [2.05, 4.69) is 0 Å². The monoisotopic (exact) mass is 276 g/mol. The van der Waals surface area contributed by atoms with E-state index in [0.29, 0.717) is 19.6 Å². The molecule has 1 unspecified atom stereocenters. The average Bonchev–Trinajstić information content (AvgIpc) is 2.80. The zero-order chi connectivity index (χ0) is 12.4. The summed E-state index contributed by atoms with van der Waals surface area (Å²) in [6, 6.07) is 3.64. The van der Waals surface area contributed by atoms with E-state index in [-0.39, 0.29) is 23.9 Å². The lowest BCUT2D eigenvalue weighted by Crippen LogP contribution is -2.30. The zero-order valence-corrected chi connectivity index (χ0v) is 10.6. The highest BCUT2D eigenvalue weighted by atomic mass is 35.5. The van der Waals surface area contributed by atoms with Crippen molar-refractivity contribution in [1.82, 2.24) is 4.90 Å². The second kappa shape index (κ2) is 6.11. The smallest absolute Gasteiger partial charge is 0.256 e. The standard InChI is InChI=1S/C12H14F2N2O.ClH/c13-10-3-1-2-9(11(10)14)12(17)16-5-4-8(6-15)7-16;/h1-3,8H,4-7,15H2;1H. The van der Waals surface area contributed by atoms with Crippen LogP contribution < -0.4 is 5.73 Å². The summed E-state index contributed by atoms with van der Waals surface area (Å²) in [7, 11) is 0. The molecule has 0 aromatic heterocycles. The van der Waals surface area contributed by atoms with Crippen molar-refractivity contribution in [2.75, 3.05) is 19.6 Å². The van der Waals surface area contributed by atoms with E-state index >= 15 is 0 Å². The van der Waals surface area contributed by atoms with Crippen molar-refractivity contribution >= 4 is 18.3 Å². The van der Waals surface area contributed by atoms with Crippen molar-refractivity contribution in [3.05, 3.63) is 35.4 Å². The molecule has 2 N–H and O–H groups in total. The van der Waals surface area contributed by atoms with E-state index < -0.39 is 17.5 Å². The van der Waals surface area contributed by atoms with Gasteiger partial charge in [-0.1, -0.05) is 6.07 Å². The van der Waals surface area contributed by atoms with Gasteiger partial charge in [-0.05, 0) is 31.0 Å². The molecule has 6 heteroatoms. The van der Waals surface area contributed by atoms with Crippen molar-refractivity contribution in [2.24, 2.45) is 11.7 Å². The van der Waals surface area contributed by atoms with Crippen molar-refractivity contribution in [3.8, 4) is 0 Å². The molecule has 0 aliphatic carbocycles. The number of nitrogens with two attached hydrogens (primary N) is 1. The number of carbonyl (C=O) groups excluding carboxylic acids is 1. The van der Waals surface area contributed by atoms with Gasteiger partial charge in [-0.25, -0.2) is 8.78 Å². The molecule has 1 heterocycles. The summed E-state index contributed by atoms with van der Waals surface area (Å²) in [6.07, 6.45) is 0.819. The van der Waals surface area contributed by atoms with Crippen LogP contribution in [0.5, 0.6) is 0 Å². The molecule has 18 heavy (non-hydrogen) atoms. The van der Waals surface area contributed by atoms with Crippen molar-refractivity contribution in [1.29, 1.82) is 0 Å². The molecule has 0 saturated carbocycles. The summed E-state index contributed by atoms with van der Waals surface area (Å²) < 4.78 is 26.4. The van der Waals surface area contributed by atoms with E-state index in [1.165, 1.54) is 17.0 Å². The molecule has 1 aromatic carbocycles. The molecule has 0 spiro atoms. The van der Waals surface area contributed by atoms with E-state index in [1.54, 1.807) is 0 Å². The van der Waals surface area contributed by atoms with Gasteiger partial charge in [0.1, 0.15) is 0 Å². The largest absolute Gasteiger partial charge is 0.338 e. The predicted molar refractivity (Wildman–Crippen MR) is 66.7 cm³/mol. The minimum absolute atomic E-state index is 0. The molecule has 1 aliphatic rings. The van der Waals surface area contributed by atoms with Crippen LogP contribution >= 0.6 is 12.4 Å². The van der Waals surface area contributed by atoms with E-state index in [4.69, 9.17) is 5.73 Å². The summed E-state index contributed by atoms with van der Waals surface area (Å²) in [4.78, 5) is 13.5. The highest BCUT2D eigenvalue weighted by molar-refractivity contribution is 5.94. The van der Waals surface area contributed by atoms with E-state index in [1.807, 2.05) is 0 Å². The van der Waals surface area contributed by atoms with Gasteiger partial charge in [0, 0.05) is 13.1 Å². The Morgan fingerprint density at radius 2 is 2.17 bits per heavy atom. The lowest BCUT2D eigenvalue weighted by Gasteiger charge is -2.16. The number of hydrogen-bond donors (Lipinski definition) is 1. The molecule has 2 rings (SSSR count). The molecule has 1 saturated heterocycles. The van der Waals surface area contributed by atoms with Crippen molar-refractivity contribution in [3.63, 3.8) is 0 Å².